The second-order valence-corrected chi connectivity index (χ2v) is 3.22. The Morgan fingerprint density at radius 3 is 2.59 bits per heavy atom. The van der Waals surface area contributed by atoms with Crippen LogP contribution in [0.15, 0.2) is 36.4 Å². The van der Waals surface area contributed by atoms with E-state index in [1.807, 2.05) is 0 Å². The van der Waals surface area contributed by atoms with Crippen LogP contribution in [0.4, 0.5) is 0 Å². The molecule has 0 unspecified atom stereocenters. The number of ether oxygens (including phenoxy) is 3. The first-order valence-electron chi connectivity index (χ1n) is 5.06. The molecule has 0 bridgehead atoms. The van der Waals surface area contributed by atoms with E-state index in [4.69, 9.17) is 14.2 Å². The predicted octanol–water partition coefficient (Wildman–Crippen LogP) is 2.69. The molecule has 4 heteroatoms. The quantitative estimate of drug-likeness (QED) is 0.809. The number of aromatic nitrogens is 1. The average Bonchev–Trinajstić information content (AvgIpc) is 2.40. The van der Waals surface area contributed by atoms with Gasteiger partial charge < -0.3 is 14.2 Å². The highest BCUT2D eigenvalue weighted by molar-refractivity contribution is 5.46. The van der Waals surface area contributed by atoms with E-state index in [1.54, 1.807) is 50.6 Å². The maximum Gasteiger partial charge on any atom is 0.220 e. The summed E-state index contributed by atoms with van der Waals surface area (Å²) >= 11 is 0. The third kappa shape index (κ3) is 2.66. The lowest BCUT2D eigenvalue weighted by atomic mass is 10.3. The number of hydrogen-bond acceptors (Lipinski definition) is 4. The van der Waals surface area contributed by atoms with E-state index >= 15 is 0 Å². The second kappa shape index (κ2) is 5.21. The summed E-state index contributed by atoms with van der Waals surface area (Å²) in [5.41, 5.74) is 0. The van der Waals surface area contributed by atoms with Crippen molar-refractivity contribution < 1.29 is 14.2 Å². The SMILES string of the molecule is COc1ccc(OC)c(Oc2ccc[c]n2)c1. The first-order chi connectivity index (χ1) is 8.33. The number of hydrogen-bond donors (Lipinski definition) is 0. The van der Waals surface area contributed by atoms with Gasteiger partial charge in [-0.2, -0.15) is 0 Å². The minimum atomic E-state index is 0.457. The summed E-state index contributed by atoms with van der Waals surface area (Å²) in [6, 6.07) is 10.6. The highest BCUT2D eigenvalue weighted by atomic mass is 16.5. The lowest BCUT2D eigenvalue weighted by Crippen LogP contribution is -1.93. The molecule has 0 fully saturated rings. The zero-order chi connectivity index (χ0) is 12.1. The van der Waals surface area contributed by atoms with Gasteiger partial charge in [-0.05, 0) is 18.2 Å². The normalized spacial score (nSPS) is 9.76. The van der Waals surface area contributed by atoms with E-state index in [-0.39, 0.29) is 0 Å². The summed E-state index contributed by atoms with van der Waals surface area (Å²) in [5, 5.41) is 0. The van der Waals surface area contributed by atoms with Gasteiger partial charge in [0.1, 0.15) is 5.75 Å². The van der Waals surface area contributed by atoms with Crippen molar-refractivity contribution in [3.8, 4) is 23.1 Å². The molecular formula is C13H12NO3. The monoisotopic (exact) mass is 230 g/mol. The fraction of sp³-hybridized carbons (Fsp3) is 0.154. The average molecular weight is 230 g/mol. The topological polar surface area (TPSA) is 40.6 Å². The fourth-order valence-electron chi connectivity index (χ4n) is 1.34. The van der Waals surface area contributed by atoms with Gasteiger partial charge in [0, 0.05) is 12.1 Å². The minimum absolute atomic E-state index is 0.457. The van der Waals surface area contributed by atoms with Crippen LogP contribution in [0, 0.1) is 6.20 Å². The Balaban J connectivity index is 2.30. The molecule has 0 saturated carbocycles. The van der Waals surface area contributed by atoms with Gasteiger partial charge >= 0.3 is 0 Å². The number of rotatable bonds is 4. The molecular weight excluding hydrogens is 218 g/mol. The molecule has 1 radical (unpaired) electrons. The van der Waals surface area contributed by atoms with Crippen molar-refractivity contribution in [2.24, 2.45) is 0 Å². The largest absolute Gasteiger partial charge is 0.497 e. The molecule has 0 amide bonds. The van der Waals surface area contributed by atoms with Crippen molar-refractivity contribution in [1.82, 2.24) is 4.98 Å². The summed E-state index contributed by atoms with van der Waals surface area (Å²) in [4.78, 5) is 3.96. The molecule has 87 valence electrons. The third-order valence-corrected chi connectivity index (χ3v) is 2.17. The minimum Gasteiger partial charge on any atom is -0.497 e. The second-order valence-electron chi connectivity index (χ2n) is 3.22. The number of nitrogens with zero attached hydrogens (tertiary/aromatic N) is 1. The molecule has 2 aromatic rings. The van der Waals surface area contributed by atoms with Crippen molar-refractivity contribution in [2.45, 2.75) is 0 Å². The number of benzene rings is 1. The van der Waals surface area contributed by atoms with E-state index in [2.05, 4.69) is 11.2 Å². The van der Waals surface area contributed by atoms with Gasteiger partial charge in [0.05, 0.1) is 20.4 Å². The van der Waals surface area contributed by atoms with Crippen molar-refractivity contribution >= 4 is 0 Å². The van der Waals surface area contributed by atoms with Gasteiger partial charge in [0.25, 0.3) is 0 Å². The third-order valence-electron chi connectivity index (χ3n) is 2.17. The maximum atomic E-state index is 5.60. The molecule has 0 atom stereocenters. The molecule has 4 nitrogen and oxygen atoms in total. The van der Waals surface area contributed by atoms with Crippen LogP contribution in [0.5, 0.6) is 23.1 Å². The Morgan fingerprint density at radius 1 is 1.06 bits per heavy atom. The van der Waals surface area contributed by atoms with Crippen LogP contribution in [0.25, 0.3) is 0 Å². The van der Waals surface area contributed by atoms with Gasteiger partial charge in [-0.3, -0.25) is 0 Å². The molecule has 2 rings (SSSR count). The number of pyridine rings is 1. The molecule has 1 aromatic carbocycles. The molecule has 1 heterocycles. The Hall–Kier alpha value is -2.23. The maximum absolute atomic E-state index is 5.60. The van der Waals surface area contributed by atoms with Crippen molar-refractivity contribution in [3.05, 3.63) is 42.6 Å². The Labute approximate surface area is 99.8 Å². The van der Waals surface area contributed by atoms with E-state index in [9.17, 15) is 0 Å². The zero-order valence-electron chi connectivity index (χ0n) is 9.64. The van der Waals surface area contributed by atoms with E-state index < -0.39 is 0 Å². The molecule has 17 heavy (non-hydrogen) atoms. The van der Waals surface area contributed by atoms with Gasteiger partial charge in [0.15, 0.2) is 11.5 Å². The molecule has 0 N–H and O–H groups in total. The molecule has 0 aliphatic carbocycles. The summed E-state index contributed by atoms with van der Waals surface area (Å²) < 4.78 is 15.9. The Bertz CT molecular complexity index is 485. The molecule has 0 saturated heterocycles. The van der Waals surface area contributed by atoms with Gasteiger partial charge in [0.2, 0.25) is 5.88 Å². The molecule has 0 spiro atoms. The first kappa shape index (κ1) is 11.3. The van der Waals surface area contributed by atoms with Crippen LogP contribution in [0.2, 0.25) is 0 Å². The van der Waals surface area contributed by atoms with E-state index in [1.165, 1.54) is 0 Å². The van der Waals surface area contributed by atoms with Crippen LogP contribution < -0.4 is 14.2 Å². The fourth-order valence-corrected chi connectivity index (χ4v) is 1.34. The lowest BCUT2D eigenvalue weighted by molar-refractivity contribution is 0.366. The van der Waals surface area contributed by atoms with Crippen LogP contribution in [0.3, 0.4) is 0 Å². The predicted molar refractivity (Wildman–Crippen MR) is 62.7 cm³/mol. The first-order valence-corrected chi connectivity index (χ1v) is 5.06. The van der Waals surface area contributed by atoms with Crippen molar-refractivity contribution in [2.75, 3.05) is 14.2 Å². The number of methoxy groups -OCH3 is 2. The highest BCUT2D eigenvalue weighted by Crippen LogP contribution is 2.33. The van der Waals surface area contributed by atoms with Crippen molar-refractivity contribution in [3.63, 3.8) is 0 Å². The van der Waals surface area contributed by atoms with Crippen LogP contribution >= 0.6 is 0 Å². The Kier molecular flexibility index (Phi) is 3.45. The zero-order valence-corrected chi connectivity index (χ0v) is 9.64. The molecule has 0 aliphatic rings. The van der Waals surface area contributed by atoms with Crippen LogP contribution in [-0.2, 0) is 0 Å². The highest BCUT2D eigenvalue weighted by Gasteiger charge is 2.07. The summed E-state index contributed by atoms with van der Waals surface area (Å²) in [6.07, 6.45) is 2.70. The standard InChI is InChI=1S/C13H12NO3/c1-15-10-6-7-11(16-2)12(9-10)17-13-5-3-4-8-14-13/h3-7,9H,1-2H3. The smallest absolute Gasteiger partial charge is 0.220 e. The Morgan fingerprint density at radius 2 is 1.94 bits per heavy atom. The van der Waals surface area contributed by atoms with Crippen LogP contribution in [-0.4, -0.2) is 19.2 Å². The summed E-state index contributed by atoms with van der Waals surface area (Å²) in [6.45, 7) is 0. The lowest BCUT2D eigenvalue weighted by Gasteiger charge is -2.10. The van der Waals surface area contributed by atoms with E-state index in [0.29, 0.717) is 23.1 Å². The molecule has 1 aromatic heterocycles. The van der Waals surface area contributed by atoms with Crippen molar-refractivity contribution in [1.29, 1.82) is 0 Å². The van der Waals surface area contributed by atoms with Gasteiger partial charge in [-0.25, -0.2) is 4.98 Å². The van der Waals surface area contributed by atoms with Crippen LogP contribution in [0.1, 0.15) is 0 Å². The van der Waals surface area contributed by atoms with E-state index in [0.717, 1.165) is 0 Å². The summed E-state index contributed by atoms with van der Waals surface area (Å²) in [5.74, 6) is 2.33. The summed E-state index contributed by atoms with van der Waals surface area (Å²) in [7, 11) is 3.18. The molecule has 0 aliphatic heterocycles. The van der Waals surface area contributed by atoms with Gasteiger partial charge in [-0.15, -0.1) is 0 Å². The van der Waals surface area contributed by atoms with Gasteiger partial charge in [-0.1, -0.05) is 6.07 Å².